The van der Waals surface area contributed by atoms with E-state index in [9.17, 15) is 4.39 Å². The Morgan fingerprint density at radius 1 is 1.21 bits per heavy atom. The van der Waals surface area contributed by atoms with E-state index in [1.165, 1.54) is 26.4 Å². The first-order valence-corrected chi connectivity index (χ1v) is 3.95. The second kappa shape index (κ2) is 4.78. The largest absolute Gasteiger partial charge is 0.493 e. The Morgan fingerprint density at radius 2 is 1.79 bits per heavy atom. The molecule has 5 heteroatoms. The van der Waals surface area contributed by atoms with Crippen molar-refractivity contribution >= 4 is 0 Å². The molecule has 0 amide bonds. The van der Waals surface area contributed by atoms with Crippen LogP contribution >= 0.6 is 0 Å². The van der Waals surface area contributed by atoms with Crippen LogP contribution in [0.3, 0.4) is 0 Å². The van der Waals surface area contributed by atoms with Crippen molar-refractivity contribution < 1.29 is 18.7 Å². The van der Waals surface area contributed by atoms with E-state index in [0.29, 0.717) is 17.1 Å². The molecular formula is C9H12FNO3. The van der Waals surface area contributed by atoms with E-state index in [1.54, 1.807) is 0 Å². The third-order valence-corrected chi connectivity index (χ3v) is 1.79. The van der Waals surface area contributed by atoms with Crippen molar-refractivity contribution in [2.45, 2.75) is 6.61 Å². The summed E-state index contributed by atoms with van der Waals surface area (Å²) < 4.78 is 23.2. The van der Waals surface area contributed by atoms with Crippen molar-refractivity contribution in [3.05, 3.63) is 23.5 Å². The number of methoxy groups -OCH3 is 2. The summed E-state index contributed by atoms with van der Waals surface area (Å²) in [5.74, 6) is 5.20. The van der Waals surface area contributed by atoms with E-state index in [-0.39, 0.29) is 6.61 Å². The average molecular weight is 201 g/mol. The van der Waals surface area contributed by atoms with Crippen LogP contribution in [0.2, 0.25) is 0 Å². The van der Waals surface area contributed by atoms with Crippen molar-refractivity contribution in [2.24, 2.45) is 5.90 Å². The number of benzene rings is 1. The number of nitrogens with two attached hydrogens (primary N) is 1. The molecule has 0 unspecified atom stereocenters. The van der Waals surface area contributed by atoms with Gasteiger partial charge in [0.2, 0.25) is 0 Å². The van der Waals surface area contributed by atoms with Gasteiger partial charge in [0.1, 0.15) is 5.82 Å². The van der Waals surface area contributed by atoms with Crippen LogP contribution in [0.4, 0.5) is 4.39 Å². The highest BCUT2D eigenvalue weighted by Crippen LogP contribution is 2.29. The molecule has 0 atom stereocenters. The maximum atomic E-state index is 13.3. The summed E-state index contributed by atoms with van der Waals surface area (Å²) in [7, 11) is 2.92. The molecule has 0 aliphatic heterocycles. The molecule has 14 heavy (non-hydrogen) atoms. The van der Waals surface area contributed by atoms with Crippen LogP contribution < -0.4 is 15.4 Å². The lowest BCUT2D eigenvalue weighted by atomic mass is 10.2. The third-order valence-electron chi connectivity index (χ3n) is 1.79. The zero-order valence-corrected chi connectivity index (χ0v) is 8.04. The summed E-state index contributed by atoms with van der Waals surface area (Å²) in [5.41, 5.74) is 0.324. The van der Waals surface area contributed by atoms with Crippen LogP contribution in [0.15, 0.2) is 12.1 Å². The Kier molecular flexibility index (Phi) is 3.67. The Bertz CT molecular complexity index is 317. The fourth-order valence-corrected chi connectivity index (χ4v) is 1.10. The van der Waals surface area contributed by atoms with Crippen LogP contribution in [0.5, 0.6) is 11.5 Å². The lowest BCUT2D eigenvalue weighted by molar-refractivity contribution is 0.121. The van der Waals surface area contributed by atoms with Gasteiger partial charge in [0.05, 0.1) is 20.8 Å². The highest BCUT2D eigenvalue weighted by atomic mass is 19.1. The highest BCUT2D eigenvalue weighted by Gasteiger charge is 2.10. The van der Waals surface area contributed by atoms with Crippen LogP contribution in [0, 0.1) is 5.82 Å². The summed E-state index contributed by atoms with van der Waals surface area (Å²) in [6.07, 6.45) is 0. The summed E-state index contributed by atoms with van der Waals surface area (Å²) in [5, 5.41) is 0. The minimum absolute atomic E-state index is 0.00775. The Labute approximate surface area is 81.3 Å². The predicted octanol–water partition coefficient (Wildman–Crippen LogP) is 1.23. The monoisotopic (exact) mass is 201 g/mol. The molecule has 0 aromatic heterocycles. The van der Waals surface area contributed by atoms with E-state index in [2.05, 4.69) is 4.84 Å². The quantitative estimate of drug-likeness (QED) is 0.744. The van der Waals surface area contributed by atoms with E-state index in [1.807, 2.05) is 0 Å². The SMILES string of the molecule is COc1cc(F)c(CON)cc1OC. The first kappa shape index (κ1) is 10.7. The first-order chi connectivity index (χ1) is 6.72. The van der Waals surface area contributed by atoms with Crippen LogP contribution in [-0.4, -0.2) is 14.2 Å². The molecule has 0 heterocycles. The van der Waals surface area contributed by atoms with Crippen molar-refractivity contribution in [2.75, 3.05) is 14.2 Å². The number of ether oxygens (including phenoxy) is 2. The molecule has 78 valence electrons. The highest BCUT2D eigenvalue weighted by molar-refractivity contribution is 5.43. The van der Waals surface area contributed by atoms with Gasteiger partial charge in [-0.1, -0.05) is 0 Å². The lowest BCUT2D eigenvalue weighted by Gasteiger charge is -2.09. The van der Waals surface area contributed by atoms with E-state index in [0.717, 1.165) is 0 Å². The molecule has 1 aromatic carbocycles. The maximum Gasteiger partial charge on any atom is 0.163 e. The number of hydrogen-bond acceptors (Lipinski definition) is 4. The van der Waals surface area contributed by atoms with Gasteiger partial charge in [0.25, 0.3) is 0 Å². The molecule has 0 saturated heterocycles. The van der Waals surface area contributed by atoms with Gasteiger partial charge in [-0.15, -0.1) is 0 Å². The van der Waals surface area contributed by atoms with Gasteiger partial charge < -0.3 is 9.47 Å². The molecule has 2 N–H and O–H groups in total. The van der Waals surface area contributed by atoms with Crippen LogP contribution in [-0.2, 0) is 11.4 Å². The molecule has 0 saturated carbocycles. The summed E-state index contributed by atoms with van der Waals surface area (Å²) in [4.78, 5) is 4.35. The van der Waals surface area contributed by atoms with Gasteiger partial charge in [-0.25, -0.2) is 10.3 Å². The molecule has 1 aromatic rings. The Morgan fingerprint density at radius 3 is 2.29 bits per heavy atom. The molecule has 0 aliphatic carbocycles. The van der Waals surface area contributed by atoms with E-state index in [4.69, 9.17) is 15.4 Å². The molecule has 0 spiro atoms. The normalized spacial score (nSPS) is 10.0. The molecule has 0 aliphatic rings. The van der Waals surface area contributed by atoms with Gasteiger partial charge in [-0.05, 0) is 6.07 Å². The number of rotatable bonds is 4. The van der Waals surface area contributed by atoms with Crippen LogP contribution in [0.1, 0.15) is 5.56 Å². The topological polar surface area (TPSA) is 53.7 Å². The van der Waals surface area contributed by atoms with E-state index < -0.39 is 5.82 Å². The van der Waals surface area contributed by atoms with Gasteiger partial charge >= 0.3 is 0 Å². The predicted molar refractivity (Wildman–Crippen MR) is 48.5 cm³/mol. The fraction of sp³-hybridized carbons (Fsp3) is 0.333. The molecule has 1 rings (SSSR count). The molecule has 0 fully saturated rings. The number of halogens is 1. The minimum Gasteiger partial charge on any atom is -0.493 e. The van der Waals surface area contributed by atoms with Gasteiger partial charge in [-0.3, -0.25) is 4.84 Å². The summed E-state index contributed by atoms with van der Waals surface area (Å²) in [6, 6.07) is 2.72. The smallest absolute Gasteiger partial charge is 0.163 e. The Hall–Kier alpha value is -1.33. The van der Waals surface area contributed by atoms with Crippen LogP contribution in [0.25, 0.3) is 0 Å². The Balaban J connectivity index is 3.09. The molecule has 0 radical (unpaired) electrons. The van der Waals surface area contributed by atoms with Crippen molar-refractivity contribution in [1.29, 1.82) is 0 Å². The van der Waals surface area contributed by atoms with Gasteiger partial charge in [-0.2, -0.15) is 0 Å². The van der Waals surface area contributed by atoms with Crippen molar-refractivity contribution in [1.82, 2.24) is 0 Å². The number of hydrogen-bond donors (Lipinski definition) is 1. The van der Waals surface area contributed by atoms with Gasteiger partial charge in [0, 0.05) is 11.6 Å². The zero-order chi connectivity index (χ0) is 10.6. The maximum absolute atomic E-state index is 13.3. The fourth-order valence-electron chi connectivity index (χ4n) is 1.10. The zero-order valence-electron chi connectivity index (χ0n) is 8.04. The van der Waals surface area contributed by atoms with E-state index >= 15 is 0 Å². The van der Waals surface area contributed by atoms with Crippen molar-refractivity contribution in [3.8, 4) is 11.5 Å². The first-order valence-electron chi connectivity index (χ1n) is 3.95. The van der Waals surface area contributed by atoms with Gasteiger partial charge in [0.15, 0.2) is 11.5 Å². The molecule has 0 bridgehead atoms. The molecular weight excluding hydrogens is 189 g/mol. The second-order valence-corrected chi connectivity index (χ2v) is 2.61. The molecule has 4 nitrogen and oxygen atoms in total. The second-order valence-electron chi connectivity index (χ2n) is 2.61. The standard InChI is InChI=1S/C9H12FNO3/c1-12-8-3-6(5-14-11)7(10)4-9(8)13-2/h3-4H,5,11H2,1-2H3. The van der Waals surface area contributed by atoms with Crippen molar-refractivity contribution in [3.63, 3.8) is 0 Å². The lowest BCUT2D eigenvalue weighted by Crippen LogP contribution is -2.02. The third kappa shape index (κ3) is 2.12. The summed E-state index contributed by atoms with van der Waals surface area (Å²) >= 11 is 0. The minimum atomic E-state index is -0.437. The summed E-state index contributed by atoms with van der Waals surface area (Å²) in [6.45, 7) is -0.00775. The average Bonchev–Trinajstić information content (AvgIpc) is 2.20.